The Bertz CT molecular complexity index is 1590. The van der Waals surface area contributed by atoms with Crippen LogP contribution in [0.15, 0.2) is 32.8 Å². The molecule has 2 aliphatic rings. The smallest absolute Gasteiger partial charge is 0.351 e. The quantitative estimate of drug-likeness (QED) is 0.0780. The highest BCUT2D eigenvalue weighted by Gasteiger charge is 2.44. The van der Waals surface area contributed by atoms with Gasteiger partial charge in [0.1, 0.15) is 42.6 Å². The van der Waals surface area contributed by atoms with Crippen molar-refractivity contribution in [2.24, 2.45) is 0 Å². The first-order valence-electron chi connectivity index (χ1n) is 20.6. The maximum Gasteiger partial charge on any atom is 0.351 e. The van der Waals surface area contributed by atoms with Crippen LogP contribution in [0.3, 0.4) is 0 Å². The van der Waals surface area contributed by atoms with E-state index in [1.54, 1.807) is 0 Å². The molecule has 318 valence electrons. The van der Waals surface area contributed by atoms with Crippen LogP contribution >= 0.6 is 0 Å². The molecule has 2 aromatic rings. The van der Waals surface area contributed by atoms with Crippen molar-refractivity contribution in [3.05, 3.63) is 55.6 Å². The predicted octanol–water partition coefficient (Wildman–Crippen LogP) is 3.46. The fourth-order valence-electron chi connectivity index (χ4n) is 7.10. The number of halogens is 1. The number of anilines is 1. The molecule has 0 saturated carbocycles. The van der Waals surface area contributed by atoms with Crippen molar-refractivity contribution in [1.82, 2.24) is 19.1 Å². The number of nitrogens with one attached hydrogen (secondary N) is 1. The molecule has 2 saturated heterocycles. The Kier molecular flexibility index (Phi) is 20.1. The monoisotopic (exact) mass is 797 g/mol. The standard InChI is InChI=1S/C39H64FN5O11/c1-2-3-4-5-6-7-8-9-10-11-12-13-14-15-16-17-20-54-27(23-52-25-30-29(46)21-33(55-30)45-22-28(40)36(49)43-39(45)51)24-53-26-31-34(47)35(48)37(56-31)44-19-18-32(41)42-38(44)50/h18-19,22,27,29-31,33-35,37,46-48H,2-17,20-21,23-26H2,1H3,(H2,41,42,50)(H,43,49,51)/t27?,29-,30+,31+,33+,34+,35-,37+/m0/s1. The molecule has 0 aromatic carbocycles. The lowest BCUT2D eigenvalue weighted by Gasteiger charge is -2.22. The Morgan fingerprint density at radius 2 is 1.41 bits per heavy atom. The Morgan fingerprint density at radius 1 is 0.839 bits per heavy atom. The average molecular weight is 798 g/mol. The third-order valence-electron chi connectivity index (χ3n) is 10.4. The first-order valence-corrected chi connectivity index (χ1v) is 20.6. The summed E-state index contributed by atoms with van der Waals surface area (Å²) in [5.41, 5.74) is 2.83. The summed E-state index contributed by atoms with van der Waals surface area (Å²) in [4.78, 5) is 41.5. The lowest BCUT2D eigenvalue weighted by molar-refractivity contribution is -0.111. The SMILES string of the molecule is CCCCCCCCCCCCCCCCCCOC(COC[C@H]1O[C@@H](n2ccc(N)nc2=O)[C@@H](O)[C@@H]1O)COC[C@H]1O[C@@H](n2cc(F)c(=O)[nH]c2=O)C[C@@H]1O. The molecule has 16 nitrogen and oxygen atoms in total. The van der Waals surface area contributed by atoms with E-state index in [2.05, 4.69) is 11.9 Å². The Labute approximate surface area is 327 Å². The summed E-state index contributed by atoms with van der Waals surface area (Å²) in [6.45, 7) is 2.60. The van der Waals surface area contributed by atoms with Crippen molar-refractivity contribution in [3.63, 3.8) is 0 Å². The number of nitrogens with zero attached hydrogens (tertiary/aromatic N) is 3. The van der Waals surface area contributed by atoms with Crippen molar-refractivity contribution in [3.8, 4) is 0 Å². The third-order valence-corrected chi connectivity index (χ3v) is 10.4. The minimum atomic E-state index is -1.41. The van der Waals surface area contributed by atoms with Gasteiger partial charge in [0.05, 0.1) is 38.7 Å². The van der Waals surface area contributed by atoms with Crippen molar-refractivity contribution in [2.45, 2.75) is 165 Å². The van der Waals surface area contributed by atoms with Gasteiger partial charge < -0.3 is 44.7 Å². The molecule has 0 amide bonds. The average Bonchev–Trinajstić information content (AvgIpc) is 3.67. The molecule has 0 aliphatic carbocycles. The highest BCUT2D eigenvalue weighted by Crippen LogP contribution is 2.29. The number of hydrogen-bond donors (Lipinski definition) is 5. The number of aliphatic hydroxyl groups excluding tert-OH is 3. The summed E-state index contributed by atoms with van der Waals surface area (Å²) in [5.74, 6) is -1.14. The van der Waals surface area contributed by atoms with Crippen molar-refractivity contribution >= 4 is 5.82 Å². The van der Waals surface area contributed by atoms with Gasteiger partial charge in [-0.2, -0.15) is 9.37 Å². The van der Waals surface area contributed by atoms with E-state index < -0.39 is 71.8 Å². The van der Waals surface area contributed by atoms with Gasteiger partial charge in [-0.1, -0.05) is 103 Å². The van der Waals surface area contributed by atoms with Crippen LogP contribution in [0, 0.1) is 5.82 Å². The molecule has 17 heteroatoms. The first-order chi connectivity index (χ1) is 27.1. The first kappa shape index (κ1) is 45.7. The Morgan fingerprint density at radius 3 is 2.00 bits per heavy atom. The van der Waals surface area contributed by atoms with E-state index in [0.717, 1.165) is 34.6 Å². The molecule has 6 N–H and O–H groups in total. The van der Waals surface area contributed by atoms with E-state index in [1.165, 1.54) is 95.7 Å². The van der Waals surface area contributed by atoms with Crippen LogP contribution in [-0.2, 0) is 23.7 Å². The molecule has 2 aliphatic heterocycles. The Balaban J connectivity index is 1.17. The molecule has 8 atom stereocenters. The van der Waals surface area contributed by atoms with Crippen LogP contribution in [0.4, 0.5) is 10.2 Å². The van der Waals surface area contributed by atoms with Gasteiger partial charge in [-0.15, -0.1) is 0 Å². The highest BCUT2D eigenvalue weighted by atomic mass is 19.1. The van der Waals surface area contributed by atoms with Crippen molar-refractivity contribution in [2.75, 3.05) is 38.8 Å². The van der Waals surface area contributed by atoms with E-state index in [4.69, 9.17) is 29.4 Å². The van der Waals surface area contributed by atoms with Gasteiger partial charge in [-0.3, -0.25) is 18.9 Å². The molecule has 0 bridgehead atoms. The van der Waals surface area contributed by atoms with E-state index in [-0.39, 0.29) is 38.7 Å². The van der Waals surface area contributed by atoms with Gasteiger partial charge in [-0.05, 0) is 12.5 Å². The predicted molar refractivity (Wildman–Crippen MR) is 206 cm³/mol. The van der Waals surface area contributed by atoms with Gasteiger partial charge in [-0.25, -0.2) is 9.59 Å². The minimum absolute atomic E-state index is 0.0143. The molecule has 0 spiro atoms. The van der Waals surface area contributed by atoms with Crippen LogP contribution in [0.1, 0.15) is 129 Å². The van der Waals surface area contributed by atoms with E-state index in [0.29, 0.717) is 6.61 Å². The van der Waals surface area contributed by atoms with Gasteiger partial charge in [0.15, 0.2) is 6.23 Å². The molecule has 2 fully saturated rings. The summed E-state index contributed by atoms with van der Waals surface area (Å²) in [6.07, 6.45) is 13.9. The number of H-pyrrole nitrogens is 1. The van der Waals surface area contributed by atoms with Gasteiger partial charge in [0, 0.05) is 19.2 Å². The molecule has 0 radical (unpaired) electrons. The molecule has 1 unspecified atom stereocenters. The second-order valence-corrected chi connectivity index (χ2v) is 15.0. The third kappa shape index (κ3) is 14.7. The number of nitrogens with two attached hydrogens (primary N) is 1. The lowest BCUT2D eigenvalue weighted by Crippen LogP contribution is -2.37. The van der Waals surface area contributed by atoms with Crippen molar-refractivity contribution < 1.29 is 43.4 Å². The van der Waals surface area contributed by atoms with Crippen LogP contribution in [-0.4, -0.2) is 104 Å². The fourth-order valence-corrected chi connectivity index (χ4v) is 7.10. The van der Waals surface area contributed by atoms with Crippen LogP contribution < -0.4 is 22.7 Å². The molecule has 4 rings (SSSR count). The number of aromatic nitrogens is 4. The number of aliphatic hydroxyl groups is 3. The minimum Gasteiger partial charge on any atom is -0.390 e. The second kappa shape index (κ2) is 24.7. The number of hydrogen-bond acceptors (Lipinski definition) is 13. The fraction of sp³-hybridized carbons (Fsp3) is 0.795. The molecule has 4 heterocycles. The topological polar surface area (TPSA) is 223 Å². The van der Waals surface area contributed by atoms with E-state index in [1.807, 2.05) is 4.98 Å². The summed E-state index contributed by atoms with van der Waals surface area (Å²) in [7, 11) is 0. The lowest BCUT2D eigenvalue weighted by atomic mass is 10.0. The summed E-state index contributed by atoms with van der Waals surface area (Å²) in [6, 6.07) is 1.38. The molecular weight excluding hydrogens is 733 g/mol. The zero-order chi connectivity index (χ0) is 40.3. The number of unbranched alkanes of at least 4 members (excludes halogenated alkanes) is 15. The molecule has 56 heavy (non-hydrogen) atoms. The largest absolute Gasteiger partial charge is 0.390 e. The van der Waals surface area contributed by atoms with Gasteiger partial charge in [0.2, 0.25) is 5.82 Å². The number of ether oxygens (including phenoxy) is 5. The van der Waals surface area contributed by atoms with Crippen LogP contribution in [0.25, 0.3) is 0 Å². The summed E-state index contributed by atoms with van der Waals surface area (Å²) >= 11 is 0. The van der Waals surface area contributed by atoms with E-state index >= 15 is 0 Å². The number of rotatable bonds is 28. The molecular formula is C39H64FN5O11. The zero-order valence-electron chi connectivity index (χ0n) is 32.8. The summed E-state index contributed by atoms with van der Waals surface area (Å²) < 4.78 is 45.2. The maximum absolute atomic E-state index is 13.8. The van der Waals surface area contributed by atoms with Crippen LogP contribution in [0.2, 0.25) is 0 Å². The van der Waals surface area contributed by atoms with Crippen molar-refractivity contribution in [1.29, 1.82) is 0 Å². The second-order valence-electron chi connectivity index (χ2n) is 15.0. The van der Waals surface area contributed by atoms with Crippen LogP contribution in [0.5, 0.6) is 0 Å². The van der Waals surface area contributed by atoms with Gasteiger partial charge >= 0.3 is 11.4 Å². The van der Waals surface area contributed by atoms with Gasteiger partial charge in [0.25, 0.3) is 5.56 Å². The summed E-state index contributed by atoms with van der Waals surface area (Å²) in [5, 5.41) is 31.8. The number of aromatic amines is 1. The highest BCUT2D eigenvalue weighted by molar-refractivity contribution is 5.23. The normalized spacial score (nSPS) is 24.3. The molecule has 2 aromatic heterocycles. The zero-order valence-corrected chi connectivity index (χ0v) is 32.8. The Hall–Kier alpha value is -3.03. The van der Waals surface area contributed by atoms with E-state index in [9.17, 15) is 34.1 Å². The number of nitrogen functional groups attached to an aromatic ring is 1. The maximum atomic E-state index is 13.8.